The second-order valence-corrected chi connectivity index (χ2v) is 8.28. The zero-order valence-corrected chi connectivity index (χ0v) is 18.5. The zero-order chi connectivity index (χ0) is 23.5. The maximum atomic E-state index is 12.1. The molecule has 0 bridgehead atoms. The SMILES string of the molecule is NC(=O)c1ncc(NC2CCCCC2N)nc1Nc1cc(-n2cccn2)cc(-n2cccn2)c1. The van der Waals surface area contributed by atoms with Gasteiger partial charge in [0, 0.05) is 42.6 Å². The first kappa shape index (κ1) is 21.6. The van der Waals surface area contributed by atoms with Crippen LogP contribution in [0.5, 0.6) is 0 Å². The molecule has 3 aromatic heterocycles. The Labute approximate surface area is 196 Å². The van der Waals surface area contributed by atoms with Crippen molar-refractivity contribution in [3.8, 4) is 11.4 Å². The number of rotatable bonds is 7. The van der Waals surface area contributed by atoms with Crippen LogP contribution in [0.2, 0.25) is 0 Å². The summed E-state index contributed by atoms with van der Waals surface area (Å²) >= 11 is 0. The number of nitrogens with one attached hydrogen (secondary N) is 2. The quantitative estimate of drug-likeness (QED) is 0.329. The van der Waals surface area contributed by atoms with Gasteiger partial charge in [0.1, 0.15) is 5.82 Å². The molecule has 0 radical (unpaired) electrons. The Bertz CT molecular complexity index is 1220. The second kappa shape index (κ2) is 9.32. The van der Waals surface area contributed by atoms with Crippen molar-refractivity contribution in [1.82, 2.24) is 29.5 Å². The van der Waals surface area contributed by atoms with Crippen LogP contribution in [-0.2, 0) is 0 Å². The van der Waals surface area contributed by atoms with Crippen molar-refractivity contribution >= 4 is 23.2 Å². The predicted octanol–water partition coefficient (Wildman–Crippen LogP) is 2.37. The molecule has 6 N–H and O–H groups in total. The van der Waals surface area contributed by atoms with Gasteiger partial charge in [-0.25, -0.2) is 19.3 Å². The number of nitrogens with zero attached hydrogens (tertiary/aromatic N) is 6. The molecule has 1 fully saturated rings. The van der Waals surface area contributed by atoms with Crippen molar-refractivity contribution in [3.63, 3.8) is 0 Å². The largest absolute Gasteiger partial charge is 0.364 e. The van der Waals surface area contributed by atoms with Crippen molar-refractivity contribution in [2.75, 3.05) is 10.6 Å². The van der Waals surface area contributed by atoms with E-state index in [0.717, 1.165) is 37.1 Å². The molecule has 2 unspecified atom stereocenters. The van der Waals surface area contributed by atoms with Gasteiger partial charge >= 0.3 is 0 Å². The van der Waals surface area contributed by atoms with Gasteiger partial charge in [-0.05, 0) is 43.2 Å². The van der Waals surface area contributed by atoms with Crippen LogP contribution >= 0.6 is 0 Å². The molecule has 4 aromatic rings. The predicted molar refractivity (Wildman–Crippen MR) is 128 cm³/mol. The molecule has 1 aliphatic carbocycles. The normalized spacial score (nSPS) is 17.9. The summed E-state index contributed by atoms with van der Waals surface area (Å²) in [5.41, 5.74) is 14.2. The summed E-state index contributed by atoms with van der Waals surface area (Å²) in [5.74, 6) is 0.114. The molecule has 11 nitrogen and oxygen atoms in total. The number of carbonyl (C=O) groups is 1. The van der Waals surface area contributed by atoms with Crippen LogP contribution < -0.4 is 22.1 Å². The van der Waals surface area contributed by atoms with Gasteiger partial charge in [-0.3, -0.25) is 4.79 Å². The fourth-order valence-corrected chi connectivity index (χ4v) is 4.17. The molecular weight excluding hydrogens is 432 g/mol. The van der Waals surface area contributed by atoms with Crippen LogP contribution in [0.4, 0.5) is 17.3 Å². The van der Waals surface area contributed by atoms with Gasteiger partial charge in [0.05, 0.1) is 17.6 Å². The van der Waals surface area contributed by atoms with Crippen LogP contribution in [0.1, 0.15) is 36.2 Å². The van der Waals surface area contributed by atoms with E-state index < -0.39 is 5.91 Å². The van der Waals surface area contributed by atoms with Crippen molar-refractivity contribution in [2.45, 2.75) is 37.8 Å². The molecule has 2 atom stereocenters. The highest BCUT2D eigenvalue weighted by Gasteiger charge is 2.23. The molecule has 11 heteroatoms. The molecule has 1 saturated carbocycles. The van der Waals surface area contributed by atoms with E-state index in [0.29, 0.717) is 11.5 Å². The van der Waals surface area contributed by atoms with E-state index in [1.165, 1.54) is 6.20 Å². The van der Waals surface area contributed by atoms with E-state index >= 15 is 0 Å². The van der Waals surface area contributed by atoms with Gasteiger partial charge in [0.2, 0.25) is 0 Å². The summed E-state index contributed by atoms with van der Waals surface area (Å²) < 4.78 is 3.47. The molecule has 0 spiro atoms. The van der Waals surface area contributed by atoms with Gasteiger partial charge < -0.3 is 22.1 Å². The first-order chi connectivity index (χ1) is 16.6. The molecule has 5 rings (SSSR count). The second-order valence-electron chi connectivity index (χ2n) is 8.28. The van der Waals surface area contributed by atoms with E-state index in [4.69, 9.17) is 11.5 Å². The van der Waals surface area contributed by atoms with Crippen LogP contribution in [0, 0.1) is 0 Å². The lowest BCUT2D eigenvalue weighted by Crippen LogP contribution is -2.42. The number of hydrogen-bond acceptors (Lipinski definition) is 8. The number of anilines is 3. The van der Waals surface area contributed by atoms with E-state index in [-0.39, 0.29) is 23.6 Å². The highest BCUT2D eigenvalue weighted by Crippen LogP contribution is 2.26. The average molecular weight is 459 g/mol. The van der Waals surface area contributed by atoms with E-state index in [9.17, 15) is 4.79 Å². The Hall–Kier alpha value is -4.25. The minimum atomic E-state index is -0.675. The van der Waals surface area contributed by atoms with Crippen molar-refractivity contribution < 1.29 is 4.79 Å². The summed E-state index contributed by atoms with van der Waals surface area (Å²) in [6.45, 7) is 0. The maximum absolute atomic E-state index is 12.1. The van der Waals surface area contributed by atoms with E-state index in [1.807, 2.05) is 42.7 Å². The third-order valence-electron chi connectivity index (χ3n) is 5.86. The summed E-state index contributed by atoms with van der Waals surface area (Å²) in [4.78, 5) is 21.0. The Morgan fingerprint density at radius 2 is 1.68 bits per heavy atom. The van der Waals surface area contributed by atoms with Gasteiger partial charge in [-0.15, -0.1) is 0 Å². The lowest BCUT2D eigenvalue weighted by atomic mass is 9.91. The van der Waals surface area contributed by atoms with Crippen LogP contribution in [0.15, 0.2) is 61.3 Å². The Balaban J connectivity index is 1.50. The molecule has 0 saturated heterocycles. The maximum Gasteiger partial charge on any atom is 0.271 e. The van der Waals surface area contributed by atoms with Gasteiger partial charge in [0.25, 0.3) is 5.91 Å². The lowest BCUT2D eigenvalue weighted by molar-refractivity contribution is 0.0996. The summed E-state index contributed by atoms with van der Waals surface area (Å²) in [5, 5.41) is 15.2. The Kier molecular flexibility index (Phi) is 5.91. The fraction of sp³-hybridized carbons (Fsp3) is 0.261. The molecule has 174 valence electrons. The van der Waals surface area contributed by atoms with Gasteiger partial charge in [-0.1, -0.05) is 12.8 Å². The number of primary amides is 1. The highest BCUT2D eigenvalue weighted by atomic mass is 16.1. The highest BCUT2D eigenvalue weighted by molar-refractivity contribution is 5.96. The van der Waals surface area contributed by atoms with E-state index in [2.05, 4.69) is 30.8 Å². The van der Waals surface area contributed by atoms with Crippen LogP contribution in [0.3, 0.4) is 0 Å². The molecular formula is C23H26N10O. The van der Waals surface area contributed by atoms with Crippen molar-refractivity contribution in [1.29, 1.82) is 0 Å². The molecule has 34 heavy (non-hydrogen) atoms. The summed E-state index contributed by atoms with van der Waals surface area (Å²) in [6.07, 6.45) is 12.8. The standard InChI is InChI=1S/C23H26N10O/c24-18-5-1-2-6-19(18)30-20-14-26-21(22(25)34)23(31-20)29-15-11-16(32-9-3-7-27-32)13-17(12-15)33-10-4-8-28-33/h3-4,7-14,18-19H,1-2,5-6,24H2,(H2,25,34)(H2,29,30,31). The van der Waals surface area contributed by atoms with Crippen molar-refractivity contribution in [2.24, 2.45) is 11.5 Å². The first-order valence-corrected chi connectivity index (χ1v) is 11.2. The monoisotopic (exact) mass is 458 g/mol. The van der Waals surface area contributed by atoms with E-state index in [1.54, 1.807) is 21.8 Å². The minimum absolute atomic E-state index is 0.0450. The number of aromatic nitrogens is 6. The third-order valence-corrected chi connectivity index (χ3v) is 5.86. The molecule has 3 heterocycles. The van der Waals surface area contributed by atoms with Gasteiger partial charge in [-0.2, -0.15) is 10.2 Å². The van der Waals surface area contributed by atoms with Crippen molar-refractivity contribution in [3.05, 3.63) is 67.0 Å². The first-order valence-electron chi connectivity index (χ1n) is 11.2. The third kappa shape index (κ3) is 4.59. The lowest BCUT2D eigenvalue weighted by Gasteiger charge is -2.29. The summed E-state index contributed by atoms with van der Waals surface area (Å²) in [7, 11) is 0. The number of carbonyl (C=O) groups excluding carboxylic acids is 1. The van der Waals surface area contributed by atoms with Gasteiger partial charge in [0.15, 0.2) is 11.5 Å². The minimum Gasteiger partial charge on any atom is -0.364 e. The van der Waals surface area contributed by atoms with Crippen LogP contribution in [0.25, 0.3) is 11.4 Å². The average Bonchev–Trinajstić information content (AvgIpc) is 3.55. The number of nitrogens with two attached hydrogens (primary N) is 2. The molecule has 1 amide bonds. The summed E-state index contributed by atoms with van der Waals surface area (Å²) in [6, 6.07) is 9.57. The number of hydrogen-bond donors (Lipinski definition) is 4. The number of benzene rings is 1. The smallest absolute Gasteiger partial charge is 0.271 e. The molecule has 0 aliphatic heterocycles. The topological polar surface area (TPSA) is 155 Å². The fourth-order valence-electron chi connectivity index (χ4n) is 4.17. The van der Waals surface area contributed by atoms with Crippen LogP contribution in [-0.4, -0.2) is 47.5 Å². The zero-order valence-electron chi connectivity index (χ0n) is 18.5. The Morgan fingerprint density at radius 1 is 1.00 bits per heavy atom. The number of amides is 1. The molecule has 1 aromatic carbocycles. The molecule has 1 aliphatic rings. The Morgan fingerprint density at radius 3 is 2.26 bits per heavy atom.